The first kappa shape index (κ1) is 25.7. The molecule has 29 heavy (non-hydrogen) atoms. The van der Waals surface area contributed by atoms with Crippen LogP contribution in [0.3, 0.4) is 0 Å². The molecule has 0 aromatic heterocycles. The van der Waals surface area contributed by atoms with Crippen molar-refractivity contribution in [3.05, 3.63) is 35.4 Å². The molecule has 0 saturated carbocycles. The van der Waals surface area contributed by atoms with Gasteiger partial charge in [0, 0.05) is 18.9 Å². The van der Waals surface area contributed by atoms with Crippen LogP contribution in [-0.2, 0) is 25.4 Å². The summed E-state index contributed by atoms with van der Waals surface area (Å²) >= 11 is 0. The zero-order valence-electron chi connectivity index (χ0n) is 16.6. The molecule has 0 aliphatic carbocycles. The molecular formula is C20H29ClF3NO4. The van der Waals surface area contributed by atoms with Crippen LogP contribution in [0.2, 0.25) is 0 Å². The summed E-state index contributed by atoms with van der Waals surface area (Å²) in [6.07, 6.45) is -5.96. The number of esters is 1. The number of rotatable bonds is 6. The van der Waals surface area contributed by atoms with Crippen LogP contribution in [0.5, 0.6) is 0 Å². The van der Waals surface area contributed by atoms with Crippen LogP contribution in [0.1, 0.15) is 30.9 Å². The molecule has 1 fully saturated rings. The Bertz CT molecular complexity index is 627. The van der Waals surface area contributed by atoms with Crippen molar-refractivity contribution in [2.75, 3.05) is 19.8 Å². The molecule has 1 aromatic rings. The van der Waals surface area contributed by atoms with Gasteiger partial charge >= 0.3 is 12.1 Å². The van der Waals surface area contributed by atoms with Crippen molar-refractivity contribution in [2.24, 2.45) is 11.7 Å². The lowest BCUT2D eigenvalue weighted by molar-refractivity contribution is -0.161. The Kier molecular flexibility index (Phi) is 10.4. The van der Waals surface area contributed by atoms with E-state index >= 15 is 0 Å². The standard InChI is InChI=1S/C20H28F3NO4.ClH/c1-13-4-6-15(7-5-13)10-16-11-26-12-17(24)19(25)28-14(2)18(16)27-9-3-8-20(21,22)23;/h4-7,14,16-18H,3,8-12,24H2,1-2H3;1H/t14-,16-,17-,18-;/m0./s1. The Morgan fingerprint density at radius 2 is 1.86 bits per heavy atom. The molecule has 0 spiro atoms. The predicted octanol–water partition coefficient (Wildman–Crippen LogP) is 3.59. The maximum Gasteiger partial charge on any atom is 0.389 e. The molecule has 2 N–H and O–H groups in total. The lowest BCUT2D eigenvalue weighted by Gasteiger charge is -2.31. The highest BCUT2D eigenvalue weighted by atomic mass is 35.5. The van der Waals surface area contributed by atoms with Crippen molar-refractivity contribution in [3.8, 4) is 0 Å². The van der Waals surface area contributed by atoms with Crippen LogP contribution in [0.15, 0.2) is 24.3 Å². The van der Waals surface area contributed by atoms with Crippen LogP contribution < -0.4 is 5.73 Å². The van der Waals surface area contributed by atoms with Crippen LogP contribution in [0.4, 0.5) is 13.2 Å². The molecule has 2 rings (SSSR count). The zero-order chi connectivity index (χ0) is 20.7. The molecule has 5 nitrogen and oxygen atoms in total. The van der Waals surface area contributed by atoms with E-state index in [0.717, 1.165) is 11.1 Å². The number of cyclic esters (lactones) is 1. The average molecular weight is 440 g/mol. The summed E-state index contributed by atoms with van der Waals surface area (Å²) in [6.45, 7) is 3.88. The minimum atomic E-state index is -4.23. The first-order valence-electron chi connectivity index (χ1n) is 9.43. The van der Waals surface area contributed by atoms with E-state index in [0.29, 0.717) is 6.42 Å². The first-order valence-corrected chi connectivity index (χ1v) is 9.43. The fourth-order valence-electron chi connectivity index (χ4n) is 3.20. The summed E-state index contributed by atoms with van der Waals surface area (Å²) in [5, 5.41) is 0. The first-order chi connectivity index (χ1) is 13.2. The van der Waals surface area contributed by atoms with Gasteiger partial charge in [-0.05, 0) is 32.3 Å². The highest BCUT2D eigenvalue weighted by Gasteiger charge is 2.34. The molecule has 1 saturated heterocycles. The molecule has 0 radical (unpaired) electrons. The van der Waals surface area contributed by atoms with Crippen molar-refractivity contribution in [2.45, 2.75) is 57.5 Å². The Morgan fingerprint density at radius 1 is 1.21 bits per heavy atom. The molecule has 1 aliphatic rings. The summed E-state index contributed by atoms with van der Waals surface area (Å²) in [7, 11) is 0. The number of benzene rings is 1. The molecule has 166 valence electrons. The molecule has 1 aromatic carbocycles. The van der Waals surface area contributed by atoms with Crippen molar-refractivity contribution >= 4 is 18.4 Å². The van der Waals surface area contributed by atoms with Crippen molar-refractivity contribution in [3.63, 3.8) is 0 Å². The van der Waals surface area contributed by atoms with Crippen LogP contribution in [0, 0.1) is 12.8 Å². The fraction of sp³-hybridized carbons (Fsp3) is 0.650. The van der Waals surface area contributed by atoms with Gasteiger partial charge in [-0.1, -0.05) is 29.8 Å². The van der Waals surface area contributed by atoms with Gasteiger partial charge in [0.25, 0.3) is 0 Å². The fourth-order valence-corrected chi connectivity index (χ4v) is 3.20. The number of hydrogen-bond donors (Lipinski definition) is 1. The van der Waals surface area contributed by atoms with Gasteiger partial charge in [-0.15, -0.1) is 12.4 Å². The number of nitrogens with two attached hydrogens (primary N) is 1. The number of hydrogen-bond acceptors (Lipinski definition) is 5. The largest absolute Gasteiger partial charge is 0.459 e. The van der Waals surface area contributed by atoms with Gasteiger partial charge in [0.1, 0.15) is 12.1 Å². The summed E-state index contributed by atoms with van der Waals surface area (Å²) < 4.78 is 54.0. The van der Waals surface area contributed by atoms with Crippen LogP contribution >= 0.6 is 12.4 Å². The smallest absolute Gasteiger partial charge is 0.389 e. The number of carbonyl (C=O) groups is 1. The molecular weight excluding hydrogens is 411 g/mol. The van der Waals surface area contributed by atoms with E-state index in [1.54, 1.807) is 6.92 Å². The zero-order valence-corrected chi connectivity index (χ0v) is 17.4. The van der Waals surface area contributed by atoms with E-state index in [9.17, 15) is 18.0 Å². The van der Waals surface area contributed by atoms with E-state index in [1.165, 1.54) is 0 Å². The number of alkyl halides is 3. The van der Waals surface area contributed by atoms with Gasteiger partial charge in [0.2, 0.25) is 0 Å². The Balaban J connectivity index is 0.00000420. The monoisotopic (exact) mass is 439 g/mol. The number of carbonyl (C=O) groups excluding carboxylic acids is 1. The van der Waals surface area contributed by atoms with Gasteiger partial charge in [0.15, 0.2) is 0 Å². The quantitative estimate of drug-likeness (QED) is 0.541. The van der Waals surface area contributed by atoms with Gasteiger partial charge in [-0.3, -0.25) is 4.79 Å². The summed E-state index contributed by atoms with van der Waals surface area (Å²) in [5.74, 6) is -0.797. The summed E-state index contributed by atoms with van der Waals surface area (Å²) in [5.41, 5.74) is 7.92. The van der Waals surface area contributed by atoms with E-state index in [4.69, 9.17) is 19.9 Å². The van der Waals surface area contributed by atoms with E-state index in [2.05, 4.69) is 0 Å². The van der Waals surface area contributed by atoms with E-state index in [-0.39, 0.29) is 44.6 Å². The van der Waals surface area contributed by atoms with Crippen LogP contribution in [-0.4, -0.2) is 50.2 Å². The number of halogens is 4. The normalized spacial score (nSPS) is 25.9. The minimum absolute atomic E-state index is 0. The van der Waals surface area contributed by atoms with Crippen molar-refractivity contribution in [1.29, 1.82) is 0 Å². The molecule has 0 bridgehead atoms. The maximum atomic E-state index is 12.4. The van der Waals surface area contributed by atoms with Gasteiger partial charge in [-0.25, -0.2) is 0 Å². The SMILES string of the molecule is Cc1ccc(C[C@H]2COC[C@H](N)C(=O)O[C@@H](C)[C@@H]2OCCCC(F)(F)F)cc1.Cl. The van der Waals surface area contributed by atoms with Gasteiger partial charge in [-0.2, -0.15) is 13.2 Å². The Hall–Kier alpha value is -1.35. The minimum Gasteiger partial charge on any atom is -0.459 e. The average Bonchev–Trinajstić information content (AvgIpc) is 2.65. The Morgan fingerprint density at radius 3 is 2.48 bits per heavy atom. The molecule has 1 heterocycles. The second kappa shape index (κ2) is 11.7. The topological polar surface area (TPSA) is 70.8 Å². The molecule has 0 amide bonds. The van der Waals surface area contributed by atoms with E-state index in [1.807, 2.05) is 31.2 Å². The van der Waals surface area contributed by atoms with Crippen molar-refractivity contribution < 1.29 is 32.2 Å². The molecule has 1 aliphatic heterocycles. The Labute approximate surface area is 175 Å². The third kappa shape index (κ3) is 8.90. The number of ether oxygens (including phenoxy) is 3. The molecule has 0 unspecified atom stereocenters. The van der Waals surface area contributed by atoms with Gasteiger partial charge in [0.05, 0.1) is 19.3 Å². The van der Waals surface area contributed by atoms with Gasteiger partial charge < -0.3 is 19.9 Å². The highest BCUT2D eigenvalue weighted by Crippen LogP contribution is 2.25. The van der Waals surface area contributed by atoms with Crippen molar-refractivity contribution in [1.82, 2.24) is 0 Å². The highest BCUT2D eigenvalue weighted by molar-refractivity contribution is 5.85. The summed E-state index contributed by atoms with van der Waals surface area (Å²) in [4.78, 5) is 12.0. The third-order valence-electron chi connectivity index (χ3n) is 4.69. The second-order valence-electron chi connectivity index (χ2n) is 7.29. The van der Waals surface area contributed by atoms with E-state index < -0.39 is 36.8 Å². The summed E-state index contributed by atoms with van der Waals surface area (Å²) in [6, 6.07) is 7.07. The van der Waals surface area contributed by atoms with Crippen LogP contribution in [0.25, 0.3) is 0 Å². The second-order valence-corrected chi connectivity index (χ2v) is 7.29. The predicted molar refractivity (Wildman–Crippen MR) is 105 cm³/mol. The molecule has 9 heteroatoms. The lowest BCUT2D eigenvalue weighted by atomic mass is 9.91. The maximum absolute atomic E-state index is 12.4. The number of aryl methyl sites for hydroxylation is 1. The third-order valence-corrected chi connectivity index (χ3v) is 4.69. The lowest BCUT2D eigenvalue weighted by Crippen LogP contribution is -2.42. The molecule has 4 atom stereocenters.